The number of halogens is 2. The van der Waals surface area contributed by atoms with Gasteiger partial charge in [-0.1, -0.05) is 0 Å². The van der Waals surface area contributed by atoms with Crippen LogP contribution in [0.1, 0.15) is 0 Å². The second kappa shape index (κ2) is 6.36. The summed E-state index contributed by atoms with van der Waals surface area (Å²) in [5.74, 6) is -1.04. The fourth-order valence-corrected chi connectivity index (χ4v) is 2.62. The molecule has 9 heteroatoms. The Morgan fingerprint density at radius 2 is 1.85 bits per heavy atom. The number of anilines is 3. The molecule has 0 bridgehead atoms. The molecule has 0 aliphatic heterocycles. The minimum atomic E-state index is -0.731. The van der Waals surface area contributed by atoms with E-state index in [-0.39, 0.29) is 11.4 Å². The molecule has 1 aromatic carbocycles. The minimum Gasteiger partial charge on any atom is -0.386 e. The van der Waals surface area contributed by atoms with E-state index in [1.807, 2.05) is 0 Å². The Bertz CT molecular complexity index is 1090. The Morgan fingerprint density at radius 1 is 1.00 bits per heavy atom. The Hall–Kier alpha value is -3.62. The van der Waals surface area contributed by atoms with Gasteiger partial charge in [-0.3, -0.25) is 0 Å². The fourth-order valence-electron chi connectivity index (χ4n) is 2.62. The number of rotatable bonds is 4. The van der Waals surface area contributed by atoms with Crippen molar-refractivity contribution in [1.82, 2.24) is 24.9 Å². The van der Waals surface area contributed by atoms with Gasteiger partial charge in [-0.15, -0.1) is 0 Å². The lowest BCUT2D eigenvalue weighted by Crippen LogP contribution is -2.02. The van der Waals surface area contributed by atoms with Gasteiger partial charge in [0.1, 0.15) is 35.0 Å². The van der Waals surface area contributed by atoms with Crippen LogP contribution in [0, 0.1) is 11.6 Å². The Balaban J connectivity index is 1.82. The van der Waals surface area contributed by atoms with Crippen molar-refractivity contribution in [3.8, 4) is 11.3 Å². The van der Waals surface area contributed by atoms with Crippen LogP contribution in [-0.4, -0.2) is 32.0 Å². The molecule has 0 saturated heterocycles. The van der Waals surface area contributed by atoms with E-state index >= 15 is 0 Å². The van der Waals surface area contributed by atoms with Crippen LogP contribution in [0.4, 0.5) is 26.0 Å². The lowest BCUT2D eigenvalue weighted by molar-refractivity contribution is 0.588. The van der Waals surface area contributed by atoms with Gasteiger partial charge in [-0.05, 0) is 18.2 Å². The lowest BCUT2D eigenvalue weighted by Gasteiger charge is -2.13. The molecule has 130 valence electrons. The number of aromatic amines is 1. The zero-order valence-electron chi connectivity index (χ0n) is 13.6. The van der Waals surface area contributed by atoms with E-state index < -0.39 is 11.6 Å². The number of aromatic nitrogens is 5. The molecule has 0 atom stereocenters. The first kappa shape index (κ1) is 15.9. The fraction of sp³-hybridized carbons (Fsp3) is 0.0588. The molecule has 0 aliphatic rings. The Morgan fingerprint density at radius 3 is 2.69 bits per heavy atom. The highest BCUT2D eigenvalue weighted by Crippen LogP contribution is 2.32. The lowest BCUT2D eigenvalue weighted by atomic mass is 10.1. The number of H-pyrrole nitrogens is 1. The van der Waals surface area contributed by atoms with Crippen LogP contribution in [-0.2, 0) is 0 Å². The van der Waals surface area contributed by atoms with Gasteiger partial charge in [0.15, 0.2) is 5.65 Å². The average Bonchev–Trinajstić information content (AvgIpc) is 3.13. The maximum atomic E-state index is 14.2. The average molecular weight is 353 g/mol. The van der Waals surface area contributed by atoms with Gasteiger partial charge >= 0.3 is 0 Å². The van der Waals surface area contributed by atoms with E-state index in [0.29, 0.717) is 28.2 Å². The van der Waals surface area contributed by atoms with Gasteiger partial charge in [-0.25, -0.2) is 28.7 Å². The summed E-state index contributed by atoms with van der Waals surface area (Å²) in [6.45, 7) is 0. The molecule has 0 unspecified atom stereocenters. The summed E-state index contributed by atoms with van der Waals surface area (Å²) in [6.07, 6.45) is 4.49. The molecule has 0 radical (unpaired) electrons. The van der Waals surface area contributed by atoms with E-state index in [1.165, 1.54) is 18.7 Å². The van der Waals surface area contributed by atoms with Crippen LogP contribution in [0.3, 0.4) is 0 Å². The molecule has 4 rings (SSSR count). The molecule has 0 spiro atoms. The molecular formula is C17H13F2N7. The first-order chi connectivity index (χ1) is 12.7. The molecular weight excluding hydrogens is 340 g/mol. The highest BCUT2D eigenvalue weighted by atomic mass is 19.1. The molecule has 26 heavy (non-hydrogen) atoms. The summed E-state index contributed by atoms with van der Waals surface area (Å²) in [6, 6.07) is 5.67. The van der Waals surface area contributed by atoms with Crippen LogP contribution in [0.25, 0.3) is 22.4 Å². The molecule has 0 saturated carbocycles. The Labute approximate surface area is 146 Å². The summed E-state index contributed by atoms with van der Waals surface area (Å²) in [7, 11) is 1.56. The van der Waals surface area contributed by atoms with Crippen LogP contribution >= 0.6 is 0 Å². The minimum absolute atomic E-state index is 0.0861. The van der Waals surface area contributed by atoms with E-state index in [0.717, 1.165) is 6.07 Å². The van der Waals surface area contributed by atoms with Gasteiger partial charge < -0.3 is 15.6 Å². The van der Waals surface area contributed by atoms with Crippen molar-refractivity contribution < 1.29 is 8.78 Å². The van der Waals surface area contributed by atoms with Crippen LogP contribution in [0.2, 0.25) is 0 Å². The maximum Gasteiger partial charge on any atom is 0.161 e. The van der Waals surface area contributed by atoms with Gasteiger partial charge in [-0.2, -0.15) is 0 Å². The molecule has 0 aliphatic carbocycles. The van der Waals surface area contributed by atoms with Crippen molar-refractivity contribution in [3.63, 3.8) is 0 Å². The third-order valence-corrected chi connectivity index (χ3v) is 3.86. The highest BCUT2D eigenvalue weighted by Gasteiger charge is 2.16. The zero-order valence-corrected chi connectivity index (χ0v) is 13.6. The third-order valence-electron chi connectivity index (χ3n) is 3.86. The van der Waals surface area contributed by atoms with Gasteiger partial charge in [0.05, 0.1) is 17.7 Å². The molecule has 0 fully saturated rings. The molecule has 0 amide bonds. The van der Waals surface area contributed by atoms with Crippen LogP contribution in [0.5, 0.6) is 0 Å². The van der Waals surface area contributed by atoms with Crippen molar-refractivity contribution in [1.29, 1.82) is 0 Å². The zero-order chi connectivity index (χ0) is 18.1. The first-order valence-electron chi connectivity index (χ1n) is 7.70. The molecule has 3 aromatic heterocycles. The van der Waals surface area contributed by atoms with Crippen molar-refractivity contribution in [2.75, 3.05) is 17.7 Å². The summed E-state index contributed by atoms with van der Waals surface area (Å²) >= 11 is 0. The quantitative estimate of drug-likeness (QED) is 0.520. The summed E-state index contributed by atoms with van der Waals surface area (Å²) < 4.78 is 27.9. The van der Waals surface area contributed by atoms with Crippen molar-refractivity contribution in [2.24, 2.45) is 0 Å². The number of fused-ring (bicyclic) bond motifs is 1. The Kier molecular flexibility index (Phi) is 3.88. The monoisotopic (exact) mass is 353 g/mol. The molecule has 3 N–H and O–H groups in total. The summed E-state index contributed by atoms with van der Waals surface area (Å²) in [4.78, 5) is 19.8. The standard InChI is InChI=1S/C17H13F2N7/c1-20-12-6-13(11(19)5-10(12)18)26-16-9(3-2-4-21-16)14-15-17(24-7-22-14)25-8-23-15/h2-8,20H,1H3,(H,21,26)(H,22,23,24,25). The highest BCUT2D eigenvalue weighted by molar-refractivity contribution is 5.91. The van der Waals surface area contributed by atoms with Gasteiger partial charge in [0.25, 0.3) is 0 Å². The van der Waals surface area contributed by atoms with E-state index in [2.05, 4.69) is 35.6 Å². The SMILES string of the molecule is CNc1cc(Nc2ncccc2-c2ncnc3[nH]cnc23)c(F)cc1F. The summed E-state index contributed by atoms with van der Waals surface area (Å²) in [5, 5.41) is 5.59. The van der Waals surface area contributed by atoms with Crippen LogP contribution in [0.15, 0.2) is 43.1 Å². The van der Waals surface area contributed by atoms with E-state index in [1.54, 1.807) is 25.4 Å². The number of benzene rings is 1. The van der Waals surface area contributed by atoms with Crippen molar-refractivity contribution >= 4 is 28.4 Å². The molecule has 4 aromatic rings. The second-order valence-electron chi connectivity index (χ2n) is 5.41. The van der Waals surface area contributed by atoms with Crippen molar-refractivity contribution in [2.45, 2.75) is 0 Å². The largest absolute Gasteiger partial charge is 0.386 e. The number of hydrogen-bond acceptors (Lipinski definition) is 6. The van der Waals surface area contributed by atoms with E-state index in [4.69, 9.17) is 0 Å². The maximum absolute atomic E-state index is 14.2. The van der Waals surface area contributed by atoms with Gasteiger partial charge in [0, 0.05) is 24.9 Å². The number of pyridine rings is 1. The number of imidazole rings is 1. The van der Waals surface area contributed by atoms with E-state index in [9.17, 15) is 8.78 Å². The smallest absolute Gasteiger partial charge is 0.161 e. The number of hydrogen-bond donors (Lipinski definition) is 3. The number of nitrogens with one attached hydrogen (secondary N) is 3. The molecule has 7 nitrogen and oxygen atoms in total. The first-order valence-corrected chi connectivity index (χ1v) is 7.70. The predicted molar refractivity (Wildman–Crippen MR) is 94.1 cm³/mol. The number of nitrogens with zero attached hydrogens (tertiary/aromatic N) is 4. The predicted octanol–water partition coefficient (Wildman–Crippen LogP) is 3.48. The topological polar surface area (TPSA) is 91.4 Å². The normalized spacial score (nSPS) is 10.9. The van der Waals surface area contributed by atoms with Crippen molar-refractivity contribution in [3.05, 3.63) is 54.8 Å². The van der Waals surface area contributed by atoms with Crippen LogP contribution < -0.4 is 10.6 Å². The summed E-state index contributed by atoms with van der Waals surface area (Å²) in [5.41, 5.74) is 2.56. The second-order valence-corrected chi connectivity index (χ2v) is 5.41. The third kappa shape index (κ3) is 2.69. The molecule has 3 heterocycles. The van der Waals surface area contributed by atoms with Gasteiger partial charge in [0.2, 0.25) is 0 Å².